The molecule has 190 valence electrons. The van der Waals surface area contributed by atoms with E-state index in [1.54, 1.807) is 41.5 Å². The Labute approximate surface area is 202 Å². The normalized spacial score (nSPS) is 12.0. The van der Waals surface area contributed by atoms with Crippen LogP contribution in [0.15, 0.2) is 24.3 Å². The third-order valence-corrected chi connectivity index (χ3v) is 4.79. The van der Waals surface area contributed by atoms with Crippen LogP contribution in [0.25, 0.3) is 0 Å². The van der Waals surface area contributed by atoms with Crippen molar-refractivity contribution in [1.29, 1.82) is 0 Å². The maximum Gasteiger partial charge on any atom is 0.408 e. The number of carbonyl (C=O) groups excluding carboxylic acids is 4. The Hall–Kier alpha value is -3.10. The van der Waals surface area contributed by atoms with Gasteiger partial charge < -0.3 is 25.0 Å². The van der Waals surface area contributed by atoms with Gasteiger partial charge in [-0.1, -0.05) is 31.2 Å². The van der Waals surface area contributed by atoms with E-state index >= 15 is 0 Å². The van der Waals surface area contributed by atoms with Gasteiger partial charge in [0.25, 0.3) is 0 Å². The van der Waals surface area contributed by atoms with Crippen molar-refractivity contribution in [3.05, 3.63) is 35.4 Å². The highest BCUT2D eigenvalue weighted by Crippen LogP contribution is 2.24. The highest BCUT2D eigenvalue weighted by molar-refractivity contribution is 5.90. The quantitative estimate of drug-likeness (QED) is 0.474. The zero-order valence-electron chi connectivity index (χ0n) is 21.4. The monoisotopic (exact) mass is 477 g/mol. The SMILES string of the molecule is CCOC(=O)CCNC(=O)C(c1ccc(CC)cc1)N(C(=O)CNC(=O)OC(C)(C)C)C(C)C. The van der Waals surface area contributed by atoms with Crippen LogP contribution in [-0.2, 0) is 30.3 Å². The molecular weight excluding hydrogens is 438 g/mol. The summed E-state index contributed by atoms with van der Waals surface area (Å²) in [4.78, 5) is 51.5. The van der Waals surface area contributed by atoms with E-state index < -0.39 is 35.5 Å². The highest BCUT2D eigenvalue weighted by Gasteiger charge is 2.33. The van der Waals surface area contributed by atoms with E-state index in [0.29, 0.717) is 5.56 Å². The molecule has 0 aromatic heterocycles. The van der Waals surface area contributed by atoms with Crippen LogP contribution in [0.5, 0.6) is 0 Å². The standard InChI is InChI=1S/C25H39N3O6/c1-8-18-10-12-19(13-11-18)22(23(31)26-15-14-21(30)33-9-2)28(17(3)4)20(29)16-27-24(32)34-25(5,6)7/h10-13,17,22H,8-9,14-16H2,1-7H3,(H,26,31)(H,27,32). The second-order valence-corrected chi connectivity index (χ2v) is 9.09. The van der Waals surface area contributed by atoms with Crippen LogP contribution in [-0.4, -0.2) is 60.1 Å². The maximum absolute atomic E-state index is 13.2. The molecule has 9 nitrogen and oxygen atoms in total. The summed E-state index contributed by atoms with van der Waals surface area (Å²) >= 11 is 0. The number of nitrogens with one attached hydrogen (secondary N) is 2. The second kappa shape index (κ2) is 13.6. The van der Waals surface area contributed by atoms with E-state index in [4.69, 9.17) is 9.47 Å². The summed E-state index contributed by atoms with van der Waals surface area (Å²) in [6, 6.07) is 6.17. The molecule has 0 fully saturated rings. The summed E-state index contributed by atoms with van der Waals surface area (Å²) in [5.41, 5.74) is 1.03. The number of ether oxygens (including phenoxy) is 2. The number of benzene rings is 1. The molecule has 0 saturated carbocycles. The van der Waals surface area contributed by atoms with Crippen LogP contribution in [0, 0.1) is 0 Å². The zero-order valence-corrected chi connectivity index (χ0v) is 21.4. The molecule has 1 aromatic carbocycles. The molecule has 0 heterocycles. The molecule has 34 heavy (non-hydrogen) atoms. The number of aryl methyl sites for hydroxylation is 1. The number of nitrogens with zero attached hydrogens (tertiary/aromatic N) is 1. The molecule has 1 unspecified atom stereocenters. The summed E-state index contributed by atoms with van der Waals surface area (Å²) in [5, 5.41) is 5.20. The van der Waals surface area contributed by atoms with Crippen molar-refractivity contribution in [2.24, 2.45) is 0 Å². The lowest BCUT2D eigenvalue weighted by Crippen LogP contribution is -2.50. The van der Waals surface area contributed by atoms with E-state index in [0.717, 1.165) is 12.0 Å². The third-order valence-electron chi connectivity index (χ3n) is 4.79. The van der Waals surface area contributed by atoms with Gasteiger partial charge in [0.15, 0.2) is 0 Å². The first-order valence-electron chi connectivity index (χ1n) is 11.7. The molecule has 0 saturated heterocycles. The van der Waals surface area contributed by atoms with E-state index in [-0.39, 0.29) is 32.2 Å². The lowest BCUT2D eigenvalue weighted by molar-refractivity contribution is -0.144. The predicted octanol–water partition coefficient (Wildman–Crippen LogP) is 3.12. The summed E-state index contributed by atoms with van der Waals surface area (Å²) in [6.07, 6.45) is 0.146. The van der Waals surface area contributed by atoms with Gasteiger partial charge >= 0.3 is 12.1 Å². The average molecular weight is 478 g/mol. The minimum Gasteiger partial charge on any atom is -0.466 e. The number of hydrogen-bond acceptors (Lipinski definition) is 6. The van der Waals surface area contributed by atoms with E-state index in [2.05, 4.69) is 10.6 Å². The first kappa shape index (κ1) is 28.9. The Balaban J connectivity index is 3.10. The fourth-order valence-electron chi connectivity index (χ4n) is 3.27. The number of alkyl carbamates (subject to hydrolysis) is 1. The molecule has 0 aliphatic heterocycles. The van der Waals surface area contributed by atoms with Crippen LogP contribution < -0.4 is 10.6 Å². The van der Waals surface area contributed by atoms with Gasteiger partial charge in [-0.3, -0.25) is 14.4 Å². The summed E-state index contributed by atoms with van der Waals surface area (Å²) < 4.78 is 10.1. The number of amides is 3. The molecule has 0 bridgehead atoms. The van der Waals surface area contributed by atoms with E-state index in [1.807, 2.05) is 31.2 Å². The van der Waals surface area contributed by atoms with Crippen LogP contribution in [0.3, 0.4) is 0 Å². The Bertz CT molecular complexity index is 830. The lowest BCUT2D eigenvalue weighted by atomic mass is 10.00. The van der Waals surface area contributed by atoms with Gasteiger partial charge in [-0.2, -0.15) is 0 Å². The van der Waals surface area contributed by atoms with Crippen molar-refractivity contribution in [3.8, 4) is 0 Å². The Morgan fingerprint density at radius 3 is 2.12 bits per heavy atom. The molecule has 3 amide bonds. The topological polar surface area (TPSA) is 114 Å². The van der Waals surface area contributed by atoms with Gasteiger partial charge in [-0.05, 0) is 59.1 Å². The largest absolute Gasteiger partial charge is 0.466 e. The van der Waals surface area contributed by atoms with Crippen molar-refractivity contribution >= 4 is 23.9 Å². The predicted molar refractivity (Wildman–Crippen MR) is 129 cm³/mol. The number of rotatable bonds is 11. The zero-order chi connectivity index (χ0) is 25.9. The van der Waals surface area contributed by atoms with Gasteiger partial charge in [0.1, 0.15) is 18.2 Å². The smallest absolute Gasteiger partial charge is 0.408 e. The average Bonchev–Trinajstić information content (AvgIpc) is 2.74. The molecule has 1 aromatic rings. The van der Waals surface area contributed by atoms with Crippen molar-refractivity contribution < 1.29 is 28.7 Å². The summed E-state index contributed by atoms with van der Waals surface area (Å²) in [6.45, 7) is 12.5. The molecular formula is C25H39N3O6. The van der Waals surface area contributed by atoms with Gasteiger partial charge in [0.2, 0.25) is 11.8 Å². The number of carbonyl (C=O) groups is 4. The van der Waals surface area contributed by atoms with Gasteiger partial charge in [0, 0.05) is 12.6 Å². The van der Waals surface area contributed by atoms with Crippen molar-refractivity contribution in [2.75, 3.05) is 19.7 Å². The first-order valence-corrected chi connectivity index (χ1v) is 11.7. The number of esters is 1. The molecule has 0 radical (unpaired) electrons. The van der Waals surface area contributed by atoms with Crippen LogP contribution in [0.4, 0.5) is 4.79 Å². The lowest BCUT2D eigenvalue weighted by Gasteiger charge is -2.34. The first-order chi connectivity index (χ1) is 15.9. The fourth-order valence-corrected chi connectivity index (χ4v) is 3.27. The maximum atomic E-state index is 13.2. The van der Waals surface area contributed by atoms with Gasteiger partial charge in [-0.25, -0.2) is 4.79 Å². The minimum atomic E-state index is -0.943. The molecule has 1 atom stereocenters. The van der Waals surface area contributed by atoms with Crippen molar-refractivity contribution in [3.63, 3.8) is 0 Å². The molecule has 9 heteroatoms. The highest BCUT2D eigenvalue weighted by atomic mass is 16.6. The van der Waals surface area contributed by atoms with E-state index in [9.17, 15) is 19.2 Å². The summed E-state index contributed by atoms with van der Waals surface area (Å²) in [5.74, 6) is -1.27. The molecule has 2 N–H and O–H groups in total. The molecule has 0 spiro atoms. The number of hydrogen-bond donors (Lipinski definition) is 2. The molecule has 0 aliphatic rings. The van der Waals surface area contributed by atoms with Crippen molar-refractivity contribution in [2.45, 2.75) is 79.0 Å². The van der Waals surface area contributed by atoms with Gasteiger partial charge in [0.05, 0.1) is 13.0 Å². The van der Waals surface area contributed by atoms with Gasteiger partial charge in [-0.15, -0.1) is 0 Å². The fraction of sp³-hybridized carbons (Fsp3) is 0.600. The Morgan fingerprint density at radius 1 is 1.00 bits per heavy atom. The molecule has 1 rings (SSSR count). The van der Waals surface area contributed by atoms with Crippen LogP contribution in [0.1, 0.15) is 72.1 Å². The Kier molecular flexibility index (Phi) is 11.5. The second-order valence-electron chi connectivity index (χ2n) is 9.09. The van der Waals surface area contributed by atoms with E-state index in [1.165, 1.54) is 4.90 Å². The van der Waals surface area contributed by atoms with Crippen LogP contribution >= 0.6 is 0 Å². The minimum absolute atomic E-state index is 0.0247. The third kappa shape index (κ3) is 9.80. The van der Waals surface area contributed by atoms with Crippen LogP contribution in [0.2, 0.25) is 0 Å². The summed E-state index contributed by atoms with van der Waals surface area (Å²) in [7, 11) is 0. The Morgan fingerprint density at radius 2 is 1.62 bits per heavy atom. The van der Waals surface area contributed by atoms with Crippen molar-refractivity contribution in [1.82, 2.24) is 15.5 Å². The molecule has 0 aliphatic carbocycles.